The summed E-state index contributed by atoms with van der Waals surface area (Å²) in [5, 5.41) is 14.9. The third-order valence-electron chi connectivity index (χ3n) is 5.82. The maximum absolute atomic E-state index is 13.9. The van der Waals surface area contributed by atoms with Crippen molar-refractivity contribution < 1.29 is 18.4 Å². The monoisotopic (exact) mass is 441 g/mol. The van der Waals surface area contributed by atoms with Crippen LogP contribution in [0.2, 0.25) is 0 Å². The van der Waals surface area contributed by atoms with E-state index in [1.54, 1.807) is 11.7 Å². The first-order valence-electron chi connectivity index (χ1n) is 10.4. The quantitative estimate of drug-likeness (QED) is 0.629. The molecule has 0 radical (unpaired) electrons. The summed E-state index contributed by atoms with van der Waals surface area (Å²) in [6.07, 6.45) is 2.57. The first-order valence-corrected chi connectivity index (χ1v) is 10.4. The number of carbonyl (C=O) groups excluding carboxylic acids is 2. The van der Waals surface area contributed by atoms with E-state index >= 15 is 0 Å². The van der Waals surface area contributed by atoms with Crippen molar-refractivity contribution in [3.05, 3.63) is 58.8 Å². The summed E-state index contributed by atoms with van der Waals surface area (Å²) in [6, 6.07) is 5.03. The second-order valence-corrected chi connectivity index (χ2v) is 8.15. The number of nitrogens with one attached hydrogen (secondary N) is 2. The third kappa shape index (κ3) is 3.74. The number of likely N-dealkylation sites (N-methyl/N-ethyl adjacent to an activating group) is 1. The zero-order valence-electron chi connectivity index (χ0n) is 17.3. The number of aromatic amines is 1. The molecule has 11 heteroatoms. The lowest BCUT2D eigenvalue weighted by Gasteiger charge is -2.20. The average Bonchev–Trinajstić information content (AvgIpc) is 3.39. The van der Waals surface area contributed by atoms with Gasteiger partial charge in [0, 0.05) is 32.0 Å². The Morgan fingerprint density at radius 2 is 2.06 bits per heavy atom. The fraction of sp³-hybridized carbons (Fsp3) is 0.381. The molecule has 2 N–H and O–H groups in total. The molecular weight excluding hydrogens is 420 g/mol. The van der Waals surface area contributed by atoms with Crippen LogP contribution in [0.1, 0.15) is 52.9 Å². The molecular formula is C21H21F2N7O2. The molecule has 1 aromatic carbocycles. The number of fused-ring (bicyclic) bond motifs is 1. The highest BCUT2D eigenvalue weighted by atomic mass is 19.2. The van der Waals surface area contributed by atoms with Gasteiger partial charge in [0.05, 0.1) is 5.69 Å². The Bertz CT molecular complexity index is 1200. The van der Waals surface area contributed by atoms with E-state index in [0.717, 1.165) is 24.6 Å². The number of anilines is 1. The van der Waals surface area contributed by atoms with E-state index in [9.17, 15) is 18.4 Å². The van der Waals surface area contributed by atoms with Crippen LogP contribution in [0, 0.1) is 11.6 Å². The molecule has 1 aliphatic carbocycles. The van der Waals surface area contributed by atoms with Crippen molar-refractivity contribution >= 4 is 17.6 Å². The van der Waals surface area contributed by atoms with Crippen LogP contribution in [-0.4, -0.2) is 49.9 Å². The van der Waals surface area contributed by atoms with Gasteiger partial charge in [-0.25, -0.2) is 13.5 Å². The Balaban J connectivity index is 1.26. The van der Waals surface area contributed by atoms with Crippen LogP contribution in [0.3, 0.4) is 0 Å². The lowest BCUT2D eigenvalue weighted by atomic mass is 10.1. The second kappa shape index (κ2) is 7.81. The number of hydrogen-bond acceptors (Lipinski definition) is 5. The minimum Gasteiger partial charge on any atom is -0.337 e. The Kier molecular flexibility index (Phi) is 4.95. The molecule has 1 aliphatic heterocycles. The van der Waals surface area contributed by atoms with Crippen molar-refractivity contribution in [2.24, 2.45) is 0 Å². The number of hydrogen-bond donors (Lipinski definition) is 2. The van der Waals surface area contributed by atoms with E-state index in [1.807, 2.05) is 6.07 Å². The average molecular weight is 441 g/mol. The van der Waals surface area contributed by atoms with Crippen molar-refractivity contribution in [3.8, 4) is 0 Å². The van der Waals surface area contributed by atoms with Gasteiger partial charge in [-0.3, -0.25) is 14.5 Å². The van der Waals surface area contributed by atoms with Crippen molar-refractivity contribution in [1.82, 2.24) is 30.3 Å². The molecule has 0 saturated heterocycles. The topological polar surface area (TPSA) is 109 Å². The Hall–Kier alpha value is -3.63. The van der Waals surface area contributed by atoms with Gasteiger partial charge in [-0.15, -0.1) is 10.2 Å². The highest BCUT2D eigenvalue weighted by Gasteiger charge is 2.34. The van der Waals surface area contributed by atoms with Crippen molar-refractivity contribution in [2.75, 3.05) is 11.9 Å². The van der Waals surface area contributed by atoms with Crippen LogP contribution in [-0.2, 0) is 17.8 Å². The van der Waals surface area contributed by atoms with E-state index in [0.29, 0.717) is 24.7 Å². The van der Waals surface area contributed by atoms with Gasteiger partial charge >= 0.3 is 0 Å². The van der Waals surface area contributed by atoms with E-state index in [1.165, 1.54) is 17.0 Å². The summed E-state index contributed by atoms with van der Waals surface area (Å²) in [4.78, 5) is 29.8. The molecule has 0 spiro atoms. The molecule has 3 heterocycles. The molecule has 9 nitrogen and oxygen atoms in total. The number of halogens is 2. The molecule has 1 atom stereocenters. The van der Waals surface area contributed by atoms with Crippen LogP contribution in [0.4, 0.5) is 14.6 Å². The molecule has 2 amide bonds. The highest BCUT2D eigenvalue weighted by Crippen LogP contribution is 2.40. The fourth-order valence-electron chi connectivity index (χ4n) is 3.87. The van der Waals surface area contributed by atoms with Crippen LogP contribution in [0.15, 0.2) is 24.3 Å². The van der Waals surface area contributed by atoms with Crippen LogP contribution >= 0.6 is 0 Å². The van der Waals surface area contributed by atoms with E-state index in [2.05, 4.69) is 25.6 Å². The Morgan fingerprint density at radius 3 is 2.84 bits per heavy atom. The number of aryl methyl sites for hydroxylation is 1. The molecule has 0 unspecified atom stereocenters. The van der Waals surface area contributed by atoms with Gasteiger partial charge in [-0.2, -0.15) is 5.10 Å². The van der Waals surface area contributed by atoms with Gasteiger partial charge in [-0.05, 0) is 30.9 Å². The van der Waals surface area contributed by atoms with E-state index < -0.39 is 23.6 Å². The smallest absolute Gasteiger partial charge is 0.289 e. The number of carbonyl (C=O) groups is 2. The maximum Gasteiger partial charge on any atom is 0.289 e. The summed E-state index contributed by atoms with van der Waals surface area (Å²) < 4.78 is 29.1. The summed E-state index contributed by atoms with van der Waals surface area (Å²) in [5.41, 5.74) is 1.10. The summed E-state index contributed by atoms with van der Waals surface area (Å²) >= 11 is 0. The molecule has 32 heavy (non-hydrogen) atoms. The van der Waals surface area contributed by atoms with Crippen molar-refractivity contribution in [3.63, 3.8) is 0 Å². The summed E-state index contributed by atoms with van der Waals surface area (Å²) in [7, 11) is 1.66. The zero-order chi connectivity index (χ0) is 22.4. The molecule has 2 aliphatic rings. The zero-order valence-corrected chi connectivity index (χ0v) is 17.3. The van der Waals surface area contributed by atoms with Gasteiger partial charge in [0.25, 0.3) is 11.8 Å². The molecule has 5 rings (SSSR count). The minimum absolute atomic E-state index is 0.0561. The second-order valence-electron chi connectivity index (χ2n) is 8.15. The van der Waals surface area contributed by atoms with Crippen LogP contribution in [0.5, 0.6) is 0 Å². The molecule has 3 aromatic rings. The Morgan fingerprint density at radius 1 is 1.25 bits per heavy atom. The van der Waals surface area contributed by atoms with Gasteiger partial charge < -0.3 is 10.3 Å². The lowest BCUT2D eigenvalue weighted by Crippen LogP contribution is -2.47. The molecule has 1 saturated carbocycles. The number of rotatable bonds is 5. The largest absolute Gasteiger partial charge is 0.337 e. The fourth-order valence-corrected chi connectivity index (χ4v) is 3.87. The lowest BCUT2D eigenvalue weighted by molar-refractivity contribution is -0.120. The predicted octanol–water partition coefficient (Wildman–Crippen LogP) is 1.91. The molecule has 0 bridgehead atoms. The standard InChI is InChI=1S/C21H21F2N7O2/c1-29-17-10-15(11-5-6-11)28-30(17)8-7-14(21(29)32)24-20(31)19-25-16(26-27-19)9-12-3-2-4-13(22)18(12)23/h2-4,10-11,14H,5-9H2,1H3,(H,24,31)(H,25,26,27)/t14-/m0/s1. The summed E-state index contributed by atoms with van der Waals surface area (Å²) in [5.74, 6) is -1.48. The highest BCUT2D eigenvalue weighted by molar-refractivity contribution is 6.00. The Labute approximate surface area is 181 Å². The third-order valence-corrected chi connectivity index (χ3v) is 5.82. The number of aromatic nitrogens is 5. The molecule has 1 fully saturated rings. The van der Waals surface area contributed by atoms with E-state index in [4.69, 9.17) is 0 Å². The van der Waals surface area contributed by atoms with Crippen LogP contribution < -0.4 is 10.2 Å². The number of amides is 2. The molecule has 166 valence electrons. The summed E-state index contributed by atoms with van der Waals surface area (Å²) in [6.45, 7) is 0.490. The van der Waals surface area contributed by atoms with E-state index in [-0.39, 0.29) is 29.5 Å². The van der Waals surface area contributed by atoms with Gasteiger partial charge in [0.1, 0.15) is 17.7 Å². The van der Waals surface area contributed by atoms with Crippen molar-refractivity contribution in [2.45, 2.75) is 44.2 Å². The maximum atomic E-state index is 13.9. The van der Waals surface area contributed by atoms with Crippen molar-refractivity contribution in [1.29, 1.82) is 0 Å². The van der Waals surface area contributed by atoms with Gasteiger partial charge in [0.2, 0.25) is 5.82 Å². The number of nitrogens with zero attached hydrogens (tertiary/aromatic N) is 5. The van der Waals surface area contributed by atoms with Gasteiger partial charge in [0.15, 0.2) is 11.6 Å². The minimum atomic E-state index is -0.968. The first-order chi connectivity index (χ1) is 15.4. The van der Waals surface area contributed by atoms with Gasteiger partial charge in [-0.1, -0.05) is 12.1 Å². The molecule has 2 aromatic heterocycles. The van der Waals surface area contributed by atoms with Crippen LogP contribution in [0.25, 0.3) is 0 Å². The SMILES string of the molecule is CN1C(=O)[C@@H](NC(=O)c2nnc(Cc3cccc(F)c3F)[nH]2)CCn2nc(C3CC3)cc21. The normalized spacial score (nSPS) is 18.4. The first kappa shape index (κ1) is 20.3. The number of H-pyrrole nitrogens is 1. The predicted molar refractivity (Wildman–Crippen MR) is 109 cm³/mol. The number of benzene rings is 1.